The molecule has 0 bridgehead atoms. The first kappa shape index (κ1) is 46.5. The number of amides is 1. The highest BCUT2D eigenvalue weighted by atomic mass is 16.6. The molecule has 1 saturated carbocycles. The topological polar surface area (TPSA) is 151 Å². The molecule has 1 aliphatic rings. The lowest BCUT2D eigenvalue weighted by atomic mass is 9.59. The van der Waals surface area contributed by atoms with Gasteiger partial charge in [0.2, 0.25) is 5.91 Å². The quantitative estimate of drug-likeness (QED) is 0.182. The Labute approximate surface area is 347 Å². The van der Waals surface area contributed by atoms with Crippen molar-refractivity contribution < 1.29 is 23.9 Å². The number of H-pyrrole nitrogens is 1. The molecule has 0 aromatic carbocycles. The van der Waals surface area contributed by atoms with E-state index in [9.17, 15) is 19.6 Å². The van der Waals surface area contributed by atoms with Gasteiger partial charge in [-0.1, -0.05) is 110 Å². The van der Waals surface area contributed by atoms with E-state index in [1.54, 1.807) is 31.4 Å². The van der Waals surface area contributed by atoms with Gasteiger partial charge in [0.1, 0.15) is 34.7 Å². The monoisotopic (exact) mass is 801 g/mol. The van der Waals surface area contributed by atoms with Crippen molar-refractivity contribution >= 4 is 35.4 Å². The molecule has 0 radical (unpaired) electrons. The number of carbonyl (C=O) groups excluding carboxylic acids is 3. The summed E-state index contributed by atoms with van der Waals surface area (Å²) in [6, 6.07) is 2.32. The Morgan fingerprint density at radius 2 is 1.53 bits per heavy atom. The summed E-state index contributed by atoms with van der Waals surface area (Å²) in [6.07, 6.45) is 6.44. The molecule has 3 heterocycles. The van der Waals surface area contributed by atoms with E-state index in [1.165, 1.54) is 0 Å². The fraction of sp³-hybridized carbons (Fsp3) is 0.702. The van der Waals surface area contributed by atoms with E-state index in [1.807, 2.05) is 41.5 Å². The molecular weight excluding hydrogens is 729 g/mol. The van der Waals surface area contributed by atoms with Gasteiger partial charge in [-0.05, 0) is 80.8 Å². The Morgan fingerprint density at radius 3 is 2.00 bits per heavy atom. The molecule has 4 rings (SSSR count). The normalized spacial score (nSPS) is 20.3. The highest BCUT2D eigenvalue weighted by Crippen LogP contribution is 2.50. The van der Waals surface area contributed by atoms with E-state index in [0.717, 1.165) is 32.1 Å². The minimum Gasteiger partial charge on any atom is -0.458 e. The Hall–Kier alpha value is -4.20. The third kappa shape index (κ3) is 10.1. The number of esters is 2. The van der Waals surface area contributed by atoms with Crippen LogP contribution in [0.4, 0.5) is 5.82 Å². The first-order valence-electron chi connectivity index (χ1n) is 21.5. The predicted octanol–water partition coefficient (Wildman–Crippen LogP) is 10.3. The van der Waals surface area contributed by atoms with Crippen molar-refractivity contribution in [2.45, 2.75) is 179 Å². The predicted molar refractivity (Wildman–Crippen MR) is 231 cm³/mol. The van der Waals surface area contributed by atoms with Crippen LogP contribution in [0.2, 0.25) is 0 Å². The fourth-order valence-electron chi connectivity index (χ4n) is 8.51. The van der Waals surface area contributed by atoms with Crippen LogP contribution in [0.5, 0.6) is 0 Å². The number of hydrogen-bond acceptors (Lipinski definition) is 8. The first-order chi connectivity index (χ1) is 26.6. The lowest BCUT2D eigenvalue weighted by molar-refractivity contribution is -0.120. The molecule has 11 nitrogen and oxygen atoms in total. The second-order valence-electron chi connectivity index (χ2n) is 21.3. The van der Waals surface area contributed by atoms with E-state index in [2.05, 4.69) is 71.8 Å². The van der Waals surface area contributed by atoms with Crippen molar-refractivity contribution in [1.82, 2.24) is 19.6 Å². The van der Waals surface area contributed by atoms with Crippen LogP contribution in [0, 0.1) is 45.8 Å². The molecule has 0 aliphatic heterocycles. The van der Waals surface area contributed by atoms with Gasteiger partial charge in [-0.25, -0.2) is 19.1 Å². The maximum Gasteiger partial charge on any atom is 0.343 e. The summed E-state index contributed by atoms with van der Waals surface area (Å²) in [4.78, 5) is 50.9. The number of nitrogens with zero attached hydrogens (tertiary/aromatic N) is 4. The number of aromatic amines is 1. The van der Waals surface area contributed by atoms with Crippen LogP contribution >= 0.6 is 0 Å². The molecule has 11 heteroatoms. The summed E-state index contributed by atoms with van der Waals surface area (Å²) in [7, 11) is 0. The van der Waals surface area contributed by atoms with Crippen LogP contribution in [0.3, 0.4) is 0 Å². The Morgan fingerprint density at radius 1 is 0.948 bits per heavy atom. The summed E-state index contributed by atoms with van der Waals surface area (Å²) in [6.45, 7) is 34.9. The van der Waals surface area contributed by atoms with Crippen molar-refractivity contribution in [2.24, 2.45) is 34.5 Å². The molecule has 0 saturated heterocycles. The van der Waals surface area contributed by atoms with Crippen molar-refractivity contribution in [3.8, 4) is 6.07 Å². The van der Waals surface area contributed by atoms with Crippen LogP contribution in [0.25, 0.3) is 11.7 Å². The van der Waals surface area contributed by atoms with Gasteiger partial charge in [-0.15, -0.1) is 0 Å². The zero-order valence-electron chi connectivity index (χ0n) is 38.6. The second kappa shape index (κ2) is 17.2. The second-order valence-corrected chi connectivity index (χ2v) is 21.3. The van der Waals surface area contributed by atoms with E-state index in [0.29, 0.717) is 34.8 Å². The minimum absolute atomic E-state index is 0.0657. The number of nitrogens with one attached hydrogen (secondary N) is 2. The molecular formula is C47H72N6O5. The van der Waals surface area contributed by atoms with Gasteiger partial charge in [-0.2, -0.15) is 10.4 Å². The Bertz CT molecular complexity index is 2050. The van der Waals surface area contributed by atoms with Crippen LogP contribution < -0.4 is 10.7 Å². The van der Waals surface area contributed by atoms with Gasteiger partial charge in [0.15, 0.2) is 11.5 Å². The van der Waals surface area contributed by atoms with E-state index >= 15 is 0 Å². The van der Waals surface area contributed by atoms with Crippen molar-refractivity contribution in [1.29, 1.82) is 5.26 Å². The lowest BCUT2D eigenvalue weighted by Crippen LogP contribution is -2.49. The van der Waals surface area contributed by atoms with Crippen molar-refractivity contribution in [3.63, 3.8) is 0 Å². The average molecular weight is 801 g/mol. The summed E-state index contributed by atoms with van der Waals surface area (Å²) in [5.41, 5.74) is 0.112. The standard InChI is InChI=1S/C47H72N6O5/c1-18-20-21-28(19-2)40(54)50-38-36(42(56)58-47(15,16)17)34(26(3)4)32(49-38)24-33-29(25-48)35(39-51-43(46(12,13)14)52-53(33)39)41(55)57-37-30(44(6,7)8)22-27(5)23-31(37)45(9,10)11/h24,26-28,30-31,37,49H,18-23H2,1-17H3,(H,50,54)/b33-24-. The number of fused-ring (bicyclic) bond motifs is 1. The zero-order chi connectivity index (χ0) is 43.9. The molecule has 1 aliphatic carbocycles. The number of nitriles is 1. The molecule has 1 amide bonds. The fourth-order valence-corrected chi connectivity index (χ4v) is 8.51. The summed E-state index contributed by atoms with van der Waals surface area (Å²) < 4.78 is 14.2. The molecule has 320 valence electrons. The van der Waals surface area contributed by atoms with Crippen molar-refractivity contribution in [2.75, 3.05) is 5.32 Å². The third-order valence-electron chi connectivity index (χ3n) is 11.7. The Kier molecular flexibility index (Phi) is 13.8. The summed E-state index contributed by atoms with van der Waals surface area (Å²) >= 11 is 0. The number of carbonyl (C=O) groups is 3. The number of unbranched alkanes of at least 4 members (excludes halogenated alkanes) is 1. The average Bonchev–Trinajstić information content (AvgIpc) is 3.75. The molecule has 58 heavy (non-hydrogen) atoms. The molecule has 0 spiro atoms. The SMILES string of the molecule is CCCCC(CC)C(=O)Nc1[nH]c(/C=c2/c(C#N)c(C(=O)OC3C(C(C)(C)C)CC(C)CC3C(C)(C)C)c3nc(C(C)(C)C)nn23)c(C(C)C)c1C(=O)OC(C)(C)C. The number of hydrogen-bond donors (Lipinski definition) is 2. The molecule has 3 aromatic rings. The summed E-state index contributed by atoms with van der Waals surface area (Å²) in [5.74, 6) is -0.459. The molecule has 3 aromatic heterocycles. The zero-order valence-corrected chi connectivity index (χ0v) is 38.6. The molecule has 1 fully saturated rings. The van der Waals surface area contributed by atoms with Gasteiger partial charge in [0.25, 0.3) is 0 Å². The highest BCUT2D eigenvalue weighted by molar-refractivity contribution is 6.04. The smallest absolute Gasteiger partial charge is 0.343 e. The van der Waals surface area contributed by atoms with Gasteiger partial charge in [0, 0.05) is 28.9 Å². The van der Waals surface area contributed by atoms with E-state index in [-0.39, 0.29) is 74.7 Å². The van der Waals surface area contributed by atoms with Gasteiger partial charge in [0.05, 0.1) is 10.9 Å². The van der Waals surface area contributed by atoms with Crippen LogP contribution in [0.1, 0.15) is 206 Å². The first-order valence-corrected chi connectivity index (χ1v) is 21.5. The Balaban J connectivity index is 2.03. The van der Waals surface area contributed by atoms with E-state index in [4.69, 9.17) is 19.6 Å². The minimum atomic E-state index is -0.805. The van der Waals surface area contributed by atoms with Gasteiger partial charge < -0.3 is 19.8 Å². The van der Waals surface area contributed by atoms with Gasteiger partial charge >= 0.3 is 11.9 Å². The molecule has 3 atom stereocenters. The van der Waals surface area contributed by atoms with Crippen LogP contribution in [-0.4, -0.2) is 49.1 Å². The summed E-state index contributed by atoms with van der Waals surface area (Å²) in [5, 5.41) is 19.2. The number of rotatable bonds is 11. The van der Waals surface area contributed by atoms with Gasteiger partial charge in [-0.3, -0.25) is 4.79 Å². The van der Waals surface area contributed by atoms with Crippen LogP contribution in [-0.2, 0) is 19.7 Å². The number of ether oxygens (including phenoxy) is 2. The third-order valence-corrected chi connectivity index (χ3v) is 11.7. The van der Waals surface area contributed by atoms with E-state index < -0.39 is 23.0 Å². The lowest BCUT2D eigenvalue weighted by Gasteiger charge is -2.50. The number of anilines is 1. The molecule has 2 N–H and O–H groups in total. The highest BCUT2D eigenvalue weighted by Gasteiger charge is 2.48. The largest absolute Gasteiger partial charge is 0.458 e. The van der Waals surface area contributed by atoms with Crippen molar-refractivity contribution in [3.05, 3.63) is 39.1 Å². The van der Waals surface area contributed by atoms with Crippen LogP contribution in [0.15, 0.2) is 0 Å². The maximum atomic E-state index is 14.8. The number of aromatic nitrogens is 4. The maximum absolute atomic E-state index is 14.8. The molecule has 3 unspecified atom stereocenters.